The number of para-hydroxylation sites is 2. The van der Waals surface area contributed by atoms with Crippen LogP contribution in [0.2, 0.25) is 0 Å². The molecule has 0 spiro atoms. The fourth-order valence-corrected chi connectivity index (χ4v) is 2.85. The van der Waals surface area contributed by atoms with Crippen LogP contribution in [0.4, 0.5) is 11.4 Å². The number of hydrogen-bond acceptors (Lipinski definition) is 3. The smallest absolute Gasteiger partial charge is 0.0867 e. The maximum Gasteiger partial charge on any atom is 0.0867 e. The number of nitrogens with one attached hydrogen (secondary N) is 1. The number of aliphatic imine (C=N–C) groups is 1. The van der Waals surface area contributed by atoms with Crippen molar-refractivity contribution in [2.24, 2.45) is 4.99 Å². The molecule has 0 aliphatic rings. The molecule has 0 aliphatic carbocycles. The molecule has 0 unspecified atom stereocenters. The lowest BCUT2D eigenvalue weighted by Crippen LogP contribution is -2.05. The zero-order valence-electron chi connectivity index (χ0n) is 13.9. The fraction of sp³-hybridized carbons (Fsp3) is 0.0455. The fourth-order valence-electron chi connectivity index (χ4n) is 2.63. The van der Waals surface area contributed by atoms with Crippen molar-refractivity contribution in [3.05, 3.63) is 103 Å². The third kappa shape index (κ3) is 4.61. The molecule has 3 aromatic rings. The van der Waals surface area contributed by atoms with Gasteiger partial charge in [-0.2, -0.15) is 0 Å². The molecule has 0 saturated heterocycles. The van der Waals surface area contributed by atoms with Gasteiger partial charge >= 0.3 is 0 Å². The van der Waals surface area contributed by atoms with E-state index in [-0.39, 0.29) is 0 Å². The van der Waals surface area contributed by atoms with Gasteiger partial charge in [0, 0.05) is 11.3 Å². The molecule has 124 valence electrons. The first-order valence-electron chi connectivity index (χ1n) is 8.13. The van der Waals surface area contributed by atoms with Crippen molar-refractivity contribution in [3.8, 4) is 0 Å². The summed E-state index contributed by atoms with van der Waals surface area (Å²) in [5.41, 5.74) is 5.12. The molecule has 0 saturated carbocycles. The second kappa shape index (κ2) is 8.36. The summed E-state index contributed by atoms with van der Waals surface area (Å²) in [6, 6.07) is 26.4. The molecule has 3 heteroatoms. The summed E-state index contributed by atoms with van der Waals surface area (Å²) in [6.45, 7) is 3.74. The Hall–Kier alpha value is -2.78. The van der Waals surface area contributed by atoms with Gasteiger partial charge in [0.15, 0.2) is 0 Å². The number of nitrogens with zero attached hydrogens (tertiary/aromatic N) is 1. The van der Waals surface area contributed by atoms with Crippen molar-refractivity contribution < 1.29 is 0 Å². The van der Waals surface area contributed by atoms with E-state index in [0.29, 0.717) is 0 Å². The molecule has 0 aromatic heterocycles. The van der Waals surface area contributed by atoms with Crippen molar-refractivity contribution in [1.82, 2.24) is 0 Å². The van der Waals surface area contributed by atoms with Gasteiger partial charge in [-0.15, -0.1) is 12.6 Å². The third-order valence-corrected chi connectivity index (χ3v) is 4.09. The molecule has 0 heterocycles. The molecule has 0 amide bonds. The van der Waals surface area contributed by atoms with Crippen LogP contribution in [0.5, 0.6) is 0 Å². The van der Waals surface area contributed by atoms with Crippen LogP contribution in [0, 0.1) is 0 Å². The Labute approximate surface area is 154 Å². The van der Waals surface area contributed by atoms with E-state index in [2.05, 4.69) is 60.9 Å². The van der Waals surface area contributed by atoms with E-state index in [1.807, 2.05) is 42.5 Å². The van der Waals surface area contributed by atoms with Gasteiger partial charge in [-0.3, -0.25) is 4.99 Å². The van der Waals surface area contributed by atoms with Crippen LogP contribution < -0.4 is 5.32 Å². The predicted octanol–water partition coefficient (Wildman–Crippen LogP) is 5.89. The summed E-state index contributed by atoms with van der Waals surface area (Å²) in [4.78, 5) is 5.88. The normalized spacial score (nSPS) is 11.2. The van der Waals surface area contributed by atoms with Gasteiger partial charge in [-0.25, -0.2) is 0 Å². The van der Waals surface area contributed by atoms with E-state index in [4.69, 9.17) is 4.99 Å². The van der Waals surface area contributed by atoms with Crippen molar-refractivity contribution >= 4 is 29.7 Å². The lowest BCUT2D eigenvalue weighted by molar-refractivity contribution is 1.29. The Bertz CT molecular complexity index is 885. The van der Waals surface area contributed by atoms with E-state index < -0.39 is 0 Å². The lowest BCUT2D eigenvalue weighted by atomic mass is 10.0. The molecule has 0 fully saturated rings. The largest absolute Gasteiger partial charge is 0.361 e. The molecule has 25 heavy (non-hydrogen) atoms. The second-order valence-electron chi connectivity index (χ2n) is 5.64. The minimum absolute atomic E-state index is 0.750. The summed E-state index contributed by atoms with van der Waals surface area (Å²) >= 11 is 4.47. The number of thiol groups is 1. The molecular weight excluding hydrogens is 324 g/mol. The first-order valence-corrected chi connectivity index (χ1v) is 8.58. The first kappa shape index (κ1) is 17.1. The van der Waals surface area contributed by atoms with E-state index in [1.54, 1.807) is 6.20 Å². The van der Waals surface area contributed by atoms with Crippen LogP contribution in [0.3, 0.4) is 0 Å². The van der Waals surface area contributed by atoms with E-state index in [9.17, 15) is 0 Å². The molecular formula is C22H20N2S. The lowest BCUT2D eigenvalue weighted by Gasteiger charge is -2.11. The van der Waals surface area contributed by atoms with Gasteiger partial charge in [0.2, 0.25) is 0 Å². The predicted molar refractivity (Wildman–Crippen MR) is 110 cm³/mol. The van der Waals surface area contributed by atoms with Crippen LogP contribution in [-0.4, -0.2) is 5.71 Å². The van der Waals surface area contributed by atoms with Crippen LogP contribution in [0.1, 0.15) is 11.1 Å². The minimum atomic E-state index is 0.750. The number of hydrogen-bond donors (Lipinski definition) is 2. The van der Waals surface area contributed by atoms with Gasteiger partial charge in [-0.1, -0.05) is 61.2 Å². The molecule has 0 radical (unpaired) electrons. The van der Waals surface area contributed by atoms with Gasteiger partial charge in [-0.05, 0) is 41.6 Å². The Balaban J connectivity index is 2.06. The zero-order chi connectivity index (χ0) is 17.5. The SMILES string of the molecule is C=CNc1ccccc1N=C(Cc1ccccc1)c1cccc(S)c1. The van der Waals surface area contributed by atoms with E-state index in [0.717, 1.165) is 34.0 Å². The molecule has 2 nitrogen and oxygen atoms in total. The van der Waals surface area contributed by atoms with E-state index >= 15 is 0 Å². The summed E-state index contributed by atoms with van der Waals surface area (Å²) in [5, 5.41) is 3.15. The van der Waals surface area contributed by atoms with Crippen LogP contribution in [-0.2, 0) is 6.42 Å². The summed E-state index contributed by atoms with van der Waals surface area (Å²) < 4.78 is 0. The van der Waals surface area contributed by atoms with Gasteiger partial charge in [0.25, 0.3) is 0 Å². The van der Waals surface area contributed by atoms with Crippen molar-refractivity contribution in [3.63, 3.8) is 0 Å². The van der Waals surface area contributed by atoms with Crippen LogP contribution in [0.15, 0.2) is 102 Å². The average molecular weight is 344 g/mol. The zero-order valence-corrected chi connectivity index (χ0v) is 14.8. The van der Waals surface area contributed by atoms with Crippen LogP contribution in [0.25, 0.3) is 0 Å². The number of anilines is 1. The highest BCUT2D eigenvalue weighted by Crippen LogP contribution is 2.26. The van der Waals surface area contributed by atoms with Crippen LogP contribution >= 0.6 is 12.6 Å². The Morgan fingerprint density at radius 1 is 0.960 bits per heavy atom. The summed E-state index contributed by atoms with van der Waals surface area (Å²) in [5.74, 6) is 0. The maximum absolute atomic E-state index is 4.96. The maximum atomic E-state index is 4.96. The Kier molecular flexibility index (Phi) is 5.70. The number of rotatable bonds is 6. The standard InChI is InChI=1S/C22H20N2S/c1-2-23-20-13-6-7-14-21(20)24-22(15-17-9-4-3-5-10-17)18-11-8-12-19(25)16-18/h2-14,16,23,25H,1,15H2. The highest BCUT2D eigenvalue weighted by Gasteiger charge is 2.08. The van der Waals surface area contributed by atoms with Gasteiger partial charge < -0.3 is 5.32 Å². The molecule has 3 aromatic carbocycles. The Morgan fingerprint density at radius 2 is 1.72 bits per heavy atom. The molecule has 1 N–H and O–H groups in total. The molecule has 3 rings (SSSR count). The van der Waals surface area contributed by atoms with Gasteiger partial charge in [0.1, 0.15) is 0 Å². The number of benzene rings is 3. The molecule has 0 aliphatic heterocycles. The van der Waals surface area contributed by atoms with E-state index in [1.165, 1.54) is 5.56 Å². The van der Waals surface area contributed by atoms with Gasteiger partial charge in [0.05, 0.1) is 17.1 Å². The topological polar surface area (TPSA) is 24.4 Å². The molecule has 0 bridgehead atoms. The average Bonchev–Trinajstić information content (AvgIpc) is 2.64. The quantitative estimate of drug-likeness (QED) is 0.422. The summed E-state index contributed by atoms with van der Waals surface area (Å²) in [7, 11) is 0. The summed E-state index contributed by atoms with van der Waals surface area (Å²) in [6.07, 6.45) is 2.42. The van der Waals surface area contributed by atoms with Crippen molar-refractivity contribution in [2.75, 3.05) is 5.32 Å². The highest BCUT2D eigenvalue weighted by atomic mass is 32.1. The second-order valence-corrected chi connectivity index (χ2v) is 6.15. The highest BCUT2D eigenvalue weighted by molar-refractivity contribution is 7.80. The monoisotopic (exact) mass is 344 g/mol. The Morgan fingerprint density at radius 3 is 2.48 bits per heavy atom. The minimum Gasteiger partial charge on any atom is -0.361 e. The first-order chi connectivity index (χ1) is 12.3. The third-order valence-electron chi connectivity index (χ3n) is 3.81. The molecule has 0 atom stereocenters. The van der Waals surface area contributed by atoms with Crippen molar-refractivity contribution in [1.29, 1.82) is 0 Å². The van der Waals surface area contributed by atoms with Crippen molar-refractivity contribution in [2.45, 2.75) is 11.3 Å².